The highest BCUT2D eigenvalue weighted by molar-refractivity contribution is 5.46. The lowest BCUT2D eigenvalue weighted by Crippen LogP contribution is -2.47. The average Bonchev–Trinajstić information content (AvgIpc) is 2.31. The average molecular weight is 223 g/mol. The molecule has 0 aromatic heterocycles. The summed E-state index contributed by atoms with van der Waals surface area (Å²) < 4.78 is 13.5. The molecule has 2 rings (SSSR count). The predicted octanol–water partition coefficient (Wildman–Crippen LogP) is 1.12. The van der Waals surface area contributed by atoms with E-state index in [2.05, 4.69) is 10.2 Å². The van der Waals surface area contributed by atoms with Crippen LogP contribution in [0, 0.1) is 5.82 Å². The summed E-state index contributed by atoms with van der Waals surface area (Å²) >= 11 is 0. The molecule has 0 bridgehead atoms. The monoisotopic (exact) mass is 223 g/mol. The Labute approximate surface area is 95.9 Å². The molecule has 1 N–H and O–H groups in total. The summed E-state index contributed by atoms with van der Waals surface area (Å²) in [5, 5.41) is 3.30. The number of nitrogens with one attached hydrogen (secondary N) is 1. The van der Waals surface area contributed by atoms with Gasteiger partial charge in [0.2, 0.25) is 0 Å². The quantitative estimate of drug-likeness (QED) is 0.828. The second-order valence-electron chi connectivity index (χ2n) is 4.16. The second kappa shape index (κ2) is 5.27. The molecule has 1 aliphatic rings. The van der Waals surface area contributed by atoms with E-state index >= 15 is 0 Å². The molecule has 0 atom stereocenters. The molecule has 1 fully saturated rings. The number of halogens is 1. The fraction of sp³-hybridized carbons (Fsp3) is 0.500. The number of para-hydroxylation sites is 1. The summed E-state index contributed by atoms with van der Waals surface area (Å²) in [5.41, 5.74) is 0.668. The standard InChI is InChI=1S/C12H18FN3/c1-15(10-16-8-6-14-7-9-16)12-5-3-2-4-11(12)13/h2-5,14H,6-10H2,1H3. The molecule has 0 unspecified atom stereocenters. The number of nitrogens with zero attached hydrogens (tertiary/aromatic N) is 2. The van der Waals surface area contributed by atoms with Gasteiger partial charge in [0.05, 0.1) is 12.4 Å². The van der Waals surface area contributed by atoms with E-state index in [4.69, 9.17) is 0 Å². The van der Waals surface area contributed by atoms with Crippen LogP contribution in [0.2, 0.25) is 0 Å². The third kappa shape index (κ3) is 2.71. The predicted molar refractivity (Wildman–Crippen MR) is 64.1 cm³/mol. The van der Waals surface area contributed by atoms with Gasteiger partial charge in [0, 0.05) is 33.2 Å². The summed E-state index contributed by atoms with van der Waals surface area (Å²) in [4.78, 5) is 4.28. The lowest BCUT2D eigenvalue weighted by molar-refractivity contribution is 0.243. The smallest absolute Gasteiger partial charge is 0.146 e. The Kier molecular flexibility index (Phi) is 3.74. The molecular formula is C12H18FN3. The molecular weight excluding hydrogens is 205 g/mol. The highest BCUT2D eigenvalue weighted by Gasteiger charge is 2.13. The lowest BCUT2D eigenvalue weighted by Gasteiger charge is -2.32. The van der Waals surface area contributed by atoms with Crippen LogP contribution in [0.3, 0.4) is 0 Å². The molecule has 0 radical (unpaired) electrons. The second-order valence-corrected chi connectivity index (χ2v) is 4.16. The van der Waals surface area contributed by atoms with Crippen LogP contribution in [-0.4, -0.2) is 44.8 Å². The lowest BCUT2D eigenvalue weighted by atomic mass is 10.3. The minimum absolute atomic E-state index is 0.153. The van der Waals surface area contributed by atoms with Crippen LogP contribution in [0.1, 0.15) is 0 Å². The van der Waals surface area contributed by atoms with E-state index in [1.807, 2.05) is 24.1 Å². The zero-order valence-corrected chi connectivity index (χ0v) is 9.62. The molecule has 1 aliphatic heterocycles. The molecule has 3 nitrogen and oxygen atoms in total. The molecule has 0 spiro atoms. The minimum atomic E-state index is -0.153. The fourth-order valence-corrected chi connectivity index (χ4v) is 1.99. The Morgan fingerprint density at radius 2 is 2.00 bits per heavy atom. The summed E-state index contributed by atoms with van der Waals surface area (Å²) in [6, 6.07) is 6.91. The van der Waals surface area contributed by atoms with Gasteiger partial charge in [-0.1, -0.05) is 12.1 Å². The molecule has 88 valence electrons. The first kappa shape index (κ1) is 11.4. The first-order valence-electron chi connectivity index (χ1n) is 5.66. The van der Waals surface area contributed by atoms with E-state index in [0.29, 0.717) is 5.69 Å². The van der Waals surface area contributed by atoms with Crippen LogP contribution < -0.4 is 10.2 Å². The number of rotatable bonds is 3. The van der Waals surface area contributed by atoms with E-state index in [-0.39, 0.29) is 5.82 Å². The van der Waals surface area contributed by atoms with Gasteiger partial charge in [-0.25, -0.2) is 4.39 Å². The molecule has 4 heteroatoms. The number of piperazine rings is 1. The summed E-state index contributed by atoms with van der Waals surface area (Å²) in [7, 11) is 1.93. The number of benzene rings is 1. The summed E-state index contributed by atoms with van der Waals surface area (Å²) in [6.45, 7) is 4.87. The van der Waals surface area contributed by atoms with Crippen molar-refractivity contribution in [3.63, 3.8) is 0 Å². The van der Waals surface area contributed by atoms with Crippen LogP contribution in [-0.2, 0) is 0 Å². The molecule has 0 amide bonds. The maximum absolute atomic E-state index is 13.5. The van der Waals surface area contributed by atoms with Crippen LogP contribution in [0.5, 0.6) is 0 Å². The van der Waals surface area contributed by atoms with Gasteiger partial charge in [-0.05, 0) is 12.1 Å². The zero-order chi connectivity index (χ0) is 11.4. The molecule has 1 aromatic carbocycles. The third-order valence-corrected chi connectivity index (χ3v) is 2.89. The normalized spacial score (nSPS) is 17.4. The Morgan fingerprint density at radius 1 is 1.31 bits per heavy atom. The number of hydrogen-bond donors (Lipinski definition) is 1. The van der Waals surface area contributed by atoms with Gasteiger partial charge in [-0.15, -0.1) is 0 Å². The number of anilines is 1. The van der Waals surface area contributed by atoms with Crippen molar-refractivity contribution >= 4 is 5.69 Å². The molecule has 0 aliphatic carbocycles. The Bertz CT molecular complexity index is 337. The van der Waals surface area contributed by atoms with E-state index in [1.165, 1.54) is 6.07 Å². The molecule has 1 heterocycles. The molecule has 1 saturated heterocycles. The highest BCUT2D eigenvalue weighted by Crippen LogP contribution is 2.17. The van der Waals surface area contributed by atoms with Crippen molar-refractivity contribution in [2.75, 3.05) is 44.8 Å². The third-order valence-electron chi connectivity index (χ3n) is 2.89. The molecule has 16 heavy (non-hydrogen) atoms. The van der Waals surface area contributed by atoms with E-state index in [9.17, 15) is 4.39 Å². The first-order valence-corrected chi connectivity index (χ1v) is 5.66. The van der Waals surface area contributed by atoms with Gasteiger partial charge in [-0.3, -0.25) is 4.90 Å². The van der Waals surface area contributed by atoms with Gasteiger partial charge < -0.3 is 10.2 Å². The Balaban J connectivity index is 1.96. The fourth-order valence-electron chi connectivity index (χ4n) is 1.99. The number of hydrogen-bond acceptors (Lipinski definition) is 3. The van der Waals surface area contributed by atoms with Crippen LogP contribution in [0.4, 0.5) is 10.1 Å². The minimum Gasteiger partial charge on any atom is -0.359 e. The van der Waals surface area contributed by atoms with Crippen LogP contribution in [0.15, 0.2) is 24.3 Å². The maximum Gasteiger partial charge on any atom is 0.146 e. The largest absolute Gasteiger partial charge is 0.359 e. The van der Waals surface area contributed by atoms with Crippen molar-refractivity contribution in [3.05, 3.63) is 30.1 Å². The van der Waals surface area contributed by atoms with Crippen LogP contribution in [0.25, 0.3) is 0 Å². The first-order chi connectivity index (χ1) is 7.77. The van der Waals surface area contributed by atoms with Crippen molar-refractivity contribution in [2.45, 2.75) is 0 Å². The topological polar surface area (TPSA) is 18.5 Å². The maximum atomic E-state index is 13.5. The van der Waals surface area contributed by atoms with Gasteiger partial charge >= 0.3 is 0 Å². The van der Waals surface area contributed by atoms with Gasteiger partial charge in [-0.2, -0.15) is 0 Å². The van der Waals surface area contributed by atoms with Crippen molar-refractivity contribution in [2.24, 2.45) is 0 Å². The van der Waals surface area contributed by atoms with E-state index in [0.717, 1.165) is 32.8 Å². The summed E-state index contributed by atoms with van der Waals surface area (Å²) in [6.07, 6.45) is 0. The van der Waals surface area contributed by atoms with Crippen molar-refractivity contribution in [1.82, 2.24) is 10.2 Å². The van der Waals surface area contributed by atoms with E-state index in [1.54, 1.807) is 6.07 Å². The highest BCUT2D eigenvalue weighted by atomic mass is 19.1. The van der Waals surface area contributed by atoms with Gasteiger partial charge in [0.1, 0.15) is 5.82 Å². The van der Waals surface area contributed by atoms with Crippen molar-refractivity contribution < 1.29 is 4.39 Å². The van der Waals surface area contributed by atoms with Gasteiger partial charge in [0.25, 0.3) is 0 Å². The zero-order valence-electron chi connectivity index (χ0n) is 9.62. The molecule has 1 aromatic rings. The van der Waals surface area contributed by atoms with Crippen molar-refractivity contribution in [1.29, 1.82) is 0 Å². The Morgan fingerprint density at radius 3 is 2.69 bits per heavy atom. The molecule has 0 saturated carbocycles. The SMILES string of the molecule is CN(CN1CCNCC1)c1ccccc1F. The van der Waals surface area contributed by atoms with E-state index < -0.39 is 0 Å². The van der Waals surface area contributed by atoms with Gasteiger partial charge in [0.15, 0.2) is 0 Å². The Hall–Kier alpha value is -1.13. The van der Waals surface area contributed by atoms with Crippen LogP contribution >= 0.6 is 0 Å². The van der Waals surface area contributed by atoms with Crippen molar-refractivity contribution in [3.8, 4) is 0 Å². The summed E-state index contributed by atoms with van der Waals surface area (Å²) in [5.74, 6) is -0.153.